The molecule has 0 heterocycles. The van der Waals surface area contributed by atoms with Gasteiger partial charge in [-0.2, -0.15) is 0 Å². The van der Waals surface area contributed by atoms with Crippen molar-refractivity contribution in [3.05, 3.63) is 66.7 Å². The lowest BCUT2D eigenvalue weighted by molar-refractivity contribution is -0.142. The van der Waals surface area contributed by atoms with Gasteiger partial charge in [0.1, 0.15) is 30.5 Å². The molecule has 0 aliphatic heterocycles. The summed E-state index contributed by atoms with van der Waals surface area (Å²) in [6.07, 6.45) is 37.8. The smallest absolute Gasteiger partial charge is 0.329 e. The molecule has 0 unspecified atom stereocenters. The first-order chi connectivity index (χ1) is 34.1. The number of unbranched alkanes of at least 4 members (excludes halogenated alkanes) is 26. The number of hydrogen-bond donors (Lipinski definition) is 1. The summed E-state index contributed by atoms with van der Waals surface area (Å²) < 4.78 is 40.5. The number of carboxylic acid groups (broad SMARTS) is 1. The number of aliphatic carboxylic acids is 1. The Morgan fingerprint density at radius 1 is 0.348 bits per heavy atom. The van der Waals surface area contributed by atoms with Gasteiger partial charge < -0.3 is 38.3 Å². The van der Waals surface area contributed by atoms with Crippen molar-refractivity contribution in [1.29, 1.82) is 0 Å². The Labute approximate surface area is 420 Å². The van der Waals surface area contributed by atoms with Gasteiger partial charge in [0.2, 0.25) is 0 Å². The Bertz CT molecular complexity index is 1610. The zero-order valence-corrected chi connectivity index (χ0v) is 43.6. The highest BCUT2D eigenvalue weighted by atomic mass is 16.6. The van der Waals surface area contributed by atoms with E-state index in [1.807, 2.05) is 0 Å². The van der Waals surface area contributed by atoms with Crippen LogP contribution in [-0.2, 0) is 23.7 Å². The van der Waals surface area contributed by atoms with Gasteiger partial charge >= 0.3 is 5.97 Å². The van der Waals surface area contributed by atoms with Crippen LogP contribution < -0.4 is 14.2 Å². The van der Waals surface area contributed by atoms with E-state index in [1.54, 1.807) is 0 Å². The highest BCUT2D eigenvalue weighted by molar-refractivity contribution is 5.77. The Morgan fingerprint density at radius 3 is 1.07 bits per heavy atom. The summed E-state index contributed by atoms with van der Waals surface area (Å²) >= 11 is 0. The molecule has 390 valence electrons. The Kier molecular flexibility index (Phi) is 37.3. The minimum Gasteiger partial charge on any atom is -0.494 e. The minimum atomic E-state index is -0.990. The van der Waals surface area contributed by atoms with Crippen LogP contribution >= 0.6 is 0 Å². The molecule has 0 amide bonds. The van der Waals surface area contributed by atoms with Gasteiger partial charge in [-0.1, -0.05) is 217 Å². The first-order valence-corrected chi connectivity index (χ1v) is 27.9. The number of carboxylic acids is 1. The number of hydrogen-bond acceptors (Lipinski definition) is 8. The van der Waals surface area contributed by atoms with E-state index in [1.165, 1.54) is 167 Å². The third-order valence-corrected chi connectivity index (χ3v) is 12.7. The van der Waals surface area contributed by atoms with Crippen LogP contribution in [0.5, 0.6) is 17.2 Å². The third-order valence-electron chi connectivity index (χ3n) is 12.7. The van der Waals surface area contributed by atoms with E-state index >= 15 is 0 Å². The van der Waals surface area contributed by atoms with Crippen LogP contribution in [0.3, 0.4) is 0 Å². The molecule has 3 aromatic carbocycles. The van der Waals surface area contributed by atoms with Crippen LogP contribution in [-0.4, -0.2) is 83.8 Å². The van der Waals surface area contributed by atoms with E-state index in [-0.39, 0.29) is 13.2 Å². The zero-order chi connectivity index (χ0) is 48.9. The molecule has 0 aliphatic rings. The predicted molar refractivity (Wildman–Crippen MR) is 285 cm³/mol. The highest BCUT2D eigenvalue weighted by Gasteiger charge is 2.11. The molecule has 0 saturated carbocycles. The van der Waals surface area contributed by atoms with Crippen molar-refractivity contribution in [2.24, 2.45) is 0 Å². The molecule has 0 atom stereocenters. The maximum Gasteiger partial charge on any atom is 0.329 e. The molecule has 0 radical (unpaired) electrons. The van der Waals surface area contributed by atoms with E-state index < -0.39 is 5.97 Å². The summed E-state index contributed by atoms with van der Waals surface area (Å²) in [6, 6.07) is 23.2. The van der Waals surface area contributed by atoms with Gasteiger partial charge in [-0.3, -0.25) is 0 Å². The van der Waals surface area contributed by atoms with Crippen molar-refractivity contribution in [1.82, 2.24) is 0 Å². The van der Waals surface area contributed by atoms with Crippen LogP contribution in [0.25, 0.3) is 22.3 Å². The van der Waals surface area contributed by atoms with Gasteiger partial charge in [-0.25, -0.2) is 4.79 Å². The Morgan fingerprint density at radius 2 is 0.681 bits per heavy atom. The van der Waals surface area contributed by atoms with Crippen molar-refractivity contribution in [3.8, 4) is 39.5 Å². The quantitative estimate of drug-likeness (QED) is 0.0554. The maximum atomic E-state index is 10.5. The largest absolute Gasteiger partial charge is 0.494 e. The fourth-order valence-electron chi connectivity index (χ4n) is 8.54. The van der Waals surface area contributed by atoms with E-state index in [0.29, 0.717) is 46.2 Å². The molecule has 1 N–H and O–H groups in total. The normalized spacial score (nSPS) is 11.3. The standard InChI is InChI=1S/C60H96O9/c1-3-5-7-9-11-13-15-17-19-21-23-25-27-29-41-67-56-36-31-53(32-37-56)55-35-40-58(59(51-55)69-50-49-65-46-45-63-43-44-64-47-48-66-52-60(61)62)54-33-38-57(39-34-54)68-42-30-28-26-24-22-20-18-16-14-12-10-8-6-4-2/h31-40,51H,3-30,41-50,52H2,1-2H3,(H,61,62). The van der Waals surface area contributed by atoms with Crippen LogP contribution in [0.1, 0.15) is 194 Å². The first kappa shape index (κ1) is 59.7. The SMILES string of the molecule is CCCCCCCCCCCCCCCCOc1ccc(-c2ccc(-c3ccc(OCCCCCCCCCCCCCCCC)cc3)c(OCCOCCOCCOCCOCC(=O)O)c2)cc1. The van der Waals surface area contributed by atoms with Gasteiger partial charge in [-0.15, -0.1) is 0 Å². The lowest BCUT2D eigenvalue weighted by Gasteiger charge is -2.15. The maximum absolute atomic E-state index is 10.5. The zero-order valence-electron chi connectivity index (χ0n) is 43.6. The average molecular weight is 961 g/mol. The van der Waals surface area contributed by atoms with Crippen LogP contribution in [0.4, 0.5) is 0 Å². The lowest BCUT2D eigenvalue weighted by Crippen LogP contribution is -2.15. The summed E-state index contributed by atoms with van der Waals surface area (Å²) in [5.74, 6) is 1.61. The monoisotopic (exact) mass is 961 g/mol. The average Bonchev–Trinajstić information content (AvgIpc) is 3.36. The Hall–Kier alpha value is -3.63. The number of carbonyl (C=O) groups is 1. The molecule has 0 fully saturated rings. The topological polar surface area (TPSA) is 102 Å². The van der Waals surface area contributed by atoms with Crippen molar-refractivity contribution in [3.63, 3.8) is 0 Å². The van der Waals surface area contributed by atoms with Gasteiger partial charge in [0.25, 0.3) is 0 Å². The molecular formula is C60H96O9. The summed E-state index contributed by atoms with van der Waals surface area (Å²) in [4.78, 5) is 10.5. The number of rotatable bonds is 49. The molecule has 0 aromatic heterocycles. The number of ether oxygens (including phenoxy) is 7. The molecule has 3 aromatic rings. The summed E-state index contributed by atoms with van der Waals surface area (Å²) in [5.41, 5.74) is 4.26. The van der Waals surface area contributed by atoms with Gasteiger partial charge in [-0.05, 0) is 59.9 Å². The molecule has 69 heavy (non-hydrogen) atoms. The van der Waals surface area contributed by atoms with Gasteiger partial charge in [0.15, 0.2) is 0 Å². The minimum absolute atomic E-state index is 0.236. The van der Waals surface area contributed by atoms with Crippen LogP contribution in [0.2, 0.25) is 0 Å². The second-order valence-electron chi connectivity index (χ2n) is 18.8. The van der Waals surface area contributed by atoms with Gasteiger partial charge in [0.05, 0.1) is 59.5 Å². The van der Waals surface area contributed by atoms with E-state index in [2.05, 4.69) is 80.6 Å². The van der Waals surface area contributed by atoms with Crippen molar-refractivity contribution in [2.45, 2.75) is 194 Å². The van der Waals surface area contributed by atoms with Crippen molar-refractivity contribution >= 4 is 5.97 Å². The van der Waals surface area contributed by atoms with E-state index in [9.17, 15) is 4.79 Å². The first-order valence-electron chi connectivity index (χ1n) is 27.9. The van der Waals surface area contributed by atoms with Gasteiger partial charge in [0, 0.05) is 5.56 Å². The predicted octanol–water partition coefficient (Wildman–Crippen LogP) is 16.3. The molecular weight excluding hydrogens is 865 g/mol. The van der Waals surface area contributed by atoms with E-state index in [0.717, 1.165) is 65.6 Å². The molecule has 0 saturated heterocycles. The number of benzene rings is 3. The fourth-order valence-corrected chi connectivity index (χ4v) is 8.54. The van der Waals surface area contributed by atoms with Crippen molar-refractivity contribution < 1.29 is 43.1 Å². The Balaban J connectivity index is 1.40. The molecule has 0 bridgehead atoms. The summed E-state index contributed by atoms with van der Waals surface area (Å²) in [5, 5.41) is 8.62. The molecule has 0 aliphatic carbocycles. The molecule has 0 spiro atoms. The molecule has 9 nitrogen and oxygen atoms in total. The summed E-state index contributed by atoms with van der Waals surface area (Å²) in [6.45, 7) is 8.82. The summed E-state index contributed by atoms with van der Waals surface area (Å²) in [7, 11) is 0. The highest BCUT2D eigenvalue weighted by Crippen LogP contribution is 2.36. The molecule has 3 rings (SSSR count). The van der Waals surface area contributed by atoms with Crippen molar-refractivity contribution in [2.75, 3.05) is 72.7 Å². The fraction of sp³-hybridized carbons (Fsp3) is 0.683. The second kappa shape index (κ2) is 43.2. The second-order valence-corrected chi connectivity index (χ2v) is 18.8. The van der Waals surface area contributed by atoms with E-state index in [4.69, 9.17) is 38.3 Å². The third kappa shape index (κ3) is 32.1. The van der Waals surface area contributed by atoms with Crippen LogP contribution in [0.15, 0.2) is 66.7 Å². The van der Waals surface area contributed by atoms with Crippen LogP contribution in [0, 0.1) is 0 Å². The molecule has 9 heteroatoms. The lowest BCUT2D eigenvalue weighted by atomic mass is 9.99.